The van der Waals surface area contributed by atoms with Gasteiger partial charge in [-0.15, -0.1) is 0 Å². The quantitative estimate of drug-likeness (QED) is 0.0168. The Bertz CT molecular complexity index is 6330. The molecule has 0 aliphatic heterocycles. The molecule has 0 saturated heterocycles. The van der Waals surface area contributed by atoms with Gasteiger partial charge >= 0.3 is 34.5 Å². The first kappa shape index (κ1) is 89.8. The Hall–Kier alpha value is -16.0. The maximum atomic E-state index is 13.6. The zero-order valence-corrected chi connectivity index (χ0v) is 69.1. The number of nitrogens with zero attached hydrogens (tertiary/aromatic N) is 12. The second kappa shape index (κ2) is 42.8. The van der Waals surface area contributed by atoms with Crippen LogP contribution in [0.2, 0.25) is 10.0 Å². The number of rotatable bonds is 21. The normalized spacial score (nSPS) is 10.8. The Labute approximate surface area is 721 Å². The molecule has 0 radical (unpaired) electrons. The third-order valence-electron chi connectivity index (χ3n) is 18.4. The summed E-state index contributed by atoms with van der Waals surface area (Å²) in [6.45, 7) is 11.1. The number of ether oxygens (including phenoxy) is 2. The number of nitrogen functional groups attached to an aromatic ring is 1. The number of aromatic nitrogens is 8. The Kier molecular flexibility index (Phi) is 30.7. The molecule has 31 nitrogen and oxygen atoms in total. The van der Waals surface area contributed by atoms with Crippen LogP contribution in [0, 0.1) is 30.3 Å². The van der Waals surface area contributed by atoms with Crippen molar-refractivity contribution in [2.75, 3.05) is 32.0 Å². The van der Waals surface area contributed by atoms with Gasteiger partial charge in [-0.3, -0.25) is 53.9 Å². The van der Waals surface area contributed by atoms with Crippen LogP contribution in [0.3, 0.4) is 0 Å². The first-order valence-corrected chi connectivity index (χ1v) is 39.2. The van der Waals surface area contributed by atoms with Crippen molar-refractivity contribution in [3.8, 4) is 79.2 Å². The van der Waals surface area contributed by atoms with Gasteiger partial charge in [-0.2, -0.15) is 0 Å². The van der Waals surface area contributed by atoms with Crippen molar-refractivity contribution in [1.82, 2.24) is 39.7 Å². The van der Waals surface area contributed by atoms with Gasteiger partial charge in [-0.05, 0) is 85.3 Å². The highest BCUT2D eigenvalue weighted by molar-refractivity contribution is 6.31. The standard InChI is InChI=1S/2C26H20ClN3O2.C12H10N2O5.C12H12N2O3.C8H8N2O3.C8H7NO3/c2*1-16(2)17-8-10-19(11-9-17)25-28-23-22(18-6-4-3-5-7-18)29-32-24(23)26(31)30(25)21-14-12-20(27)13-15-21;1-2-18-12(15)11-10(14(16)17)9(13-19-11)8-6-4-3-5-7-8;1-2-16-12(15)11-9(13)10(14-17-11)8-6-4-3-5-7-8;11-9-8(6-10(12)13)7-4-2-1-3-5-7;10-8(6-9(11)12)7-4-2-1-3-5-7/h2*3-16H,1-2H3;3-7H,2H2,1H3;3-7H,2,13H2,1H3;1-5,11H,6H2;1-5H,6H2/b;;;;9-8+;. The smallest absolute Gasteiger partial charge is 0.384 e. The van der Waals surface area contributed by atoms with E-state index >= 15 is 0 Å². The Morgan fingerprint density at radius 2 is 0.776 bits per heavy atom. The first-order valence-electron chi connectivity index (χ1n) is 38.5. The number of fused-ring (bicyclic) bond motifs is 2. The predicted octanol–water partition coefficient (Wildman–Crippen LogP) is 19.8. The van der Waals surface area contributed by atoms with Gasteiger partial charge in [0.2, 0.25) is 12.3 Å². The van der Waals surface area contributed by atoms with Crippen molar-refractivity contribution < 1.29 is 61.9 Å². The molecule has 33 heteroatoms. The molecule has 0 atom stereocenters. The number of halogens is 2. The SMILES string of the molecule is CC(C)c1ccc(-c2nc3c(-c4ccccc4)noc3c(=O)n2-c2ccc(Cl)cc2)cc1.CC(C)c1ccc(-c2nc3c(-c4ccccc4)noc3c(=O)n2-c2ccc(Cl)cc2)cc1.CCOC(=O)c1onc(-c2ccccc2)c1N.CCOC(=O)c1onc(-c2ccccc2)c1[N+](=O)[O-].O=C(C[N+](=O)[O-])c1ccccc1.O=[N+]([O-])C/C(=N\O)c1ccccc1. The van der Waals surface area contributed by atoms with Gasteiger partial charge in [0.15, 0.2) is 11.4 Å². The molecule has 0 bridgehead atoms. The molecule has 3 N–H and O–H groups in total. The van der Waals surface area contributed by atoms with Gasteiger partial charge in [0.05, 0.1) is 29.5 Å². The van der Waals surface area contributed by atoms with Crippen molar-refractivity contribution in [2.24, 2.45) is 5.16 Å². The molecular weight excluding hydrogens is 1650 g/mol. The number of benzene rings is 10. The number of carbonyl (C=O) groups excluding carboxylic acids is 3. The number of hydrogen-bond acceptors (Lipinski definition) is 26. The molecular formula is C92H77Cl2N13O18. The van der Waals surface area contributed by atoms with Crippen molar-refractivity contribution in [3.05, 3.63) is 374 Å². The Balaban J connectivity index is 0.000000152. The summed E-state index contributed by atoms with van der Waals surface area (Å²) in [6.07, 6.45) is 0. The van der Waals surface area contributed by atoms with E-state index in [1.54, 1.807) is 163 Å². The topological polar surface area (TPSA) is 432 Å². The van der Waals surface area contributed by atoms with E-state index in [9.17, 15) is 54.3 Å². The molecule has 632 valence electrons. The summed E-state index contributed by atoms with van der Waals surface area (Å²) in [4.78, 5) is 100. The third-order valence-corrected chi connectivity index (χ3v) is 18.9. The van der Waals surface area contributed by atoms with Crippen molar-refractivity contribution in [3.63, 3.8) is 0 Å². The number of anilines is 1. The van der Waals surface area contributed by atoms with E-state index in [1.807, 2.05) is 115 Å². The summed E-state index contributed by atoms with van der Waals surface area (Å²) in [5.74, 6) is -0.664. The van der Waals surface area contributed by atoms with Crippen LogP contribution in [-0.4, -0.2) is 109 Å². The van der Waals surface area contributed by atoms with Gasteiger partial charge in [0.1, 0.15) is 45.5 Å². The van der Waals surface area contributed by atoms with Crippen LogP contribution in [0.4, 0.5) is 11.4 Å². The number of Topliss-reactive ketones (excluding diaryl/α,β-unsaturated/α-hetero) is 1. The lowest BCUT2D eigenvalue weighted by Crippen LogP contribution is -2.21. The fraction of sp³-hybridized carbons (Fsp3) is 0.130. The summed E-state index contributed by atoms with van der Waals surface area (Å²) in [5.41, 5.74) is 16.9. The minimum absolute atomic E-state index is 0.00801. The van der Waals surface area contributed by atoms with Gasteiger partial charge < -0.3 is 38.5 Å². The average Bonchev–Trinajstić information content (AvgIpc) is 1.66. The summed E-state index contributed by atoms with van der Waals surface area (Å²) in [7, 11) is 0. The van der Waals surface area contributed by atoms with E-state index in [1.165, 1.54) is 11.1 Å². The summed E-state index contributed by atoms with van der Waals surface area (Å²) in [5, 5.41) is 59.5. The van der Waals surface area contributed by atoms with Crippen LogP contribution in [0.15, 0.2) is 312 Å². The minimum atomic E-state index is -0.899. The van der Waals surface area contributed by atoms with E-state index in [2.05, 4.69) is 77.7 Å². The molecule has 125 heavy (non-hydrogen) atoms. The van der Waals surface area contributed by atoms with E-state index in [0.29, 0.717) is 89.7 Å². The van der Waals surface area contributed by atoms with Crippen LogP contribution >= 0.6 is 23.2 Å². The fourth-order valence-electron chi connectivity index (χ4n) is 12.2. The number of esters is 2. The fourth-order valence-corrected chi connectivity index (χ4v) is 12.5. The van der Waals surface area contributed by atoms with Crippen molar-refractivity contribution in [2.45, 2.75) is 53.4 Å². The second-order valence-corrected chi connectivity index (χ2v) is 28.3. The molecule has 0 amide bonds. The molecule has 6 heterocycles. The monoisotopic (exact) mass is 1720 g/mol. The Morgan fingerprint density at radius 3 is 1.14 bits per heavy atom. The molecule has 0 aliphatic carbocycles. The molecule has 10 aromatic carbocycles. The highest BCUT2D eigenvalue weighted by Crippen LogP contribution is 2.36. The Morgan fingerprint density at radius 1 is 0.440 bits per heavy atom. The van der Waals surface area contributed by atoms with Gasteiger partial charge in [0.25, 0.3) is 23.5 Å². The number of carbonyl (C=O) groups is 3. The van der Waals surface area contributed by atoms with Crippen LogP contribution in [-0.2, 0) is 9.47 Å². The lowest BCUT2D eigenvalue weighted by Gasteiger charge is -2.13. The minimum Gasteiger partial charge on any atom is -0.460 e. The third kappa shape index (κ3) is 22.5. The van der Waals surface area contributed by atoms with Gasteiger partial charge in [-0.1, -0.05) is 307 Å². The number of ketones is 1. The molecule has 0 spiro atoms. The second-order valence-electron chi connectivity index (χ2n) is 27.4. The number of nitrogens with two attached hydrogens (primary N) is 1. The maximum absolute atomic E-state index is 13.6. The lowest BCUT2D eigenvalue weighted by molar-refractivity contribution is -0.465. The summed E-state index contributed by atoms with van der Waals surface area (Å²) in [6, 6.07) is 84.0. The number of oxime groups is 1. The lowest BCUT2D eigenvalue weighted by atomic mass is 10.0. The molecule has 0 unspecified atom stereocenters. The van der Waals surface area contributed by atoms with E-state index in [-0.39, 0.29) is 58.4 Å². The predicted molar refractivity (Wildman–Crippen MR) is 471 cm³/mol. The average molecular weight is 1720 g/mol. The molecule has 0 fully saturated rings. The van der Waals surface area contributed by atoms with Gasteiger partial charge in [-0.25, -0.2) is 19.6 Å². The van der Waals surface area contributed by atoms with Crippen LogP contribution in [0.1, 0.15) is 102 Å². The van der Waals surface area contributed by atoms with E-state index < -0.39 is 57.0 Å². The highest BCUT2D eigenvalue weighted by Gasteiger charge is 2.34. The van der Waals surface area contributed by atoms with Crippen LogP contribution < -0.4 is 16.9 Å². The summed E-state index contributed by atoms with van der Waals surface area (Å²) >= 11 is 12.2. The summed E-state index contributed by atoms with van der Waals surface area (Å²) < 4.78 is 33.2. The highest BCUT2D eigenvalue weighted by atomic mass is 35.5. The largest absolute Gasteiger partial charge is 0.460 e. The number of nitro groups is 3. The molecule has 16 aromatic rings. The van der Waals surface area contributed by atoms with E-state index in [4.69, 9.17) is 71.7 Å². The van der Waals surface area contributed by atoms with Crippen molar-refractivity contribution in [1.29, 1.82) is 0 Å². The van der Waals surface area contributed by atoms with Gasteiger partial charge in [0, 0.05) is 64.4 Å². The zero-order chi connectivity index (χ0) is 89.2. The van der Waals surface area contributed by atoms with E-state index in [0.717, 1.165) is 27.8 Å². The number of hydrogen-bond donors (Lipinski definition) is 2. The van der Waals surface area contributed by atoms with Crippen molar-refractivity contribution >= 4 is 80.2 Å². The molecule has 6 aromatic heterocycles. The van der Waals surface area contributed by atoms with Crippen LogP contribution in [0.5, 0.6) is 0 Å². The molecule has 0 saturated carbocycles. The van der Waals surface area contributed by atoms with Crippen LogP contribution in [0.25, 0.3) is 101 Å². The molecule has 0 aliphatic rings. The maximum Gasteiger partial charge on any atom is 0.384 e. The first-order chi connectivity index (χ1) is 60.4. The zero-order valence-electron chi connectivity index (χ0n) is 67.6. The molecule has 16 rings (SSSR count).